The molecule has 1 aliphatic heterocycles. The van der Waals surface area contributed by atoms with Crippen LogP contribution < -0.4 is 5.32 Å². The molecule has 1 N–H and O–H groups in total. The summed E-state index contributed by atoms with van der Waals surface area (Å²) in [4.78, 5) is 6.61. The first kappa shape index (κ1) is 12.6. The van der Waals surface area contributed by atoms with E-state index in [0.717, 1.165) is 38.2 Å². The predicted molar refractivity (Wildman–Crippen MR) is 71.2 cm³/mol. The van der Waals surface area contributed by atoms with Gasteiger partial charge in [0, 0.05) is 44.0 Å². The van der Waals surface area contributed by atoms with Crippen LogP contribution in [-0.2, 0) is 0 Å². The molecular weight excluding hydrogens is 234 g/mol. The third kappa shape index (κ3) is 3.06. The number of hydrogen-bond acceptors (Lipinski definition) is 3. The number of hydrogen-bond donors (Lipinski definition) is 1. The van der Waals surface area contributed by atoms with Gasteiger partial charge in [-0.05, 0) is 12.5 Å². The van der Waals surface area contributed by atoms with Crippen molar-refractivity contribution in [1.29, 1.82) is 0 Å². The standard InChI is InChI=1S/C13H18ClN3/c1-2-4-12(17-9-7-15-8-10-17)11-5-3-6-16-13(11)14/h2-3,5-6,12,15H,1,4,7-10H2/t12-/m1/s1. The Morgan fingerprint density at radius 2 is 2.29 bits per heavy atom. The highest BCUT2D eigenvalue weighted by molar-refractivity contribution is 6.30. The molecule has 0 amide bonds. The number of pyridine rings is 1. The van der Waals surface area contributed by atoms with E-state index < -0.39 is 0 Å². The summed E-state index contributed by atoms with van der Waals surface area (Å²) in [5.41, 5.74) is 1.11. The molecule has 1 fully saturated rings. The van der Waals surface area contributed by atoms with Crippen LogP contribution in [-0.4, -0.2) is 36.1 Å². The van der Waals surface area contributed by atoms with E-state index in [-0.39, 0.29) is 0 Å². The third-order valence-corrected chi connectivity index (χ3v) is 3.45. The Hall–Kier alpha value is -0.900. The van der Waals surface area contributed by atoms with Crippen molar-refractivity contribution in [2.75, 3.05) is 26.2 Å². The summed E-state index contributed by atoms with van der Waals surface area (Å²) in [7, 11) is 0. The monoisotopic (exact) mass is 251 g/mol. The molecule has 0 aromatic carbocycles. The van der Waals surface area contributed by atoms with E-state index in [2.05, 4.69) is 27.8 Å². The molecule has 3 nitrogen and oxygen atoms in total. The van der Waals surface area contributed by atoms with E-state index in [9.17, 15) is 0 Å². The van der Waals surface area contributed by atoms with Gasteiger partial charge in [0.2, 0.25) is 0 Å². The lowest BCUT2D eigenvalue weighted by Gasteiger charge is -2.34. The van der Waals surface area contributed by atoms with Crippen molar-refractivity contribution in [2.45, 2.75) is 12.5 Å². The molecule has 4 heteroatoms. The Labute approximate surface area is 107 Å². The number of aromatic nitrogens is 1. The number of nitrogens with one attached hydrogen (secondary N) is 1. The van der Waals surface area contributed by atoms with Gasteiger partial charge in [0.15, 0.2) is 0 Å². The summed E-state index contributed by atoms with van der Waals surface area (Å²) in [5, 5.41) is 3.97. The first-order chi connectivity index (χ1) is 8.33. The molecule has 0 aliphatic carbocycles. The number of piperazine rings is 1. The zero-order valence-corrected chi connectivity index (χ0v) is 10.7. The molecule has 92 valence electrons. The molecule has 0 bridgehead atoms. The fourth-order valence-electron chi connectivity index (χ4n) is 2.27. The topological polar surface area (TPSA) is 28.2 Å². The van der Waals surface area contributed by atoms with Gasteiger partial charge in [-0.1, -0.05) is 23.7 Å². The van der Waals surface area contributed by atoms with Gasteiger partial charge in [-0.15, -0.1) is 6.58 Å². The lowest BCUT2D eigenvalue weighted by atomic mass is 10.0. The van der Waals surface area contributed by atoms with Gasteiger partial charge in [0.1, 0.15) is 5.15 Å². The maximum atomic E-state index is 6.19. The van der Waals surface area contributed by atoms with Crippen LogP contribution in [0.5, 0.6) is 0 Å². The van der Waals surface area contributed by atoms with Crippen LogP contribution in [0.3, 0.4) is 0 Å². The first-order valence-electron chi connectivity index (χ1n) is 5.99. The summed E-state index contributed by atoms with van der Waals surface area (Å²) in [6, 6.07) is 4.31. The lowest BCUT2D eigenvalue weighted by molar-refractivity contribution is 0.174. The SMILES string of the molecule is C=CC[C@H](c1cccnc1Cl)N1CCNCC1. The van der Waals surface area contributed by atoms with Crippen molar-refractivity contribution >= 4 is 11.6 Å². The average Bonchev–Trinajstić information content (AvgIpc) is 2.38. The zero-order valence-electron chi connectivity index (χ0n) is 9.90. The fraction of sp³-hybridized carbons (Fsp3) is 0.462. The minimum Gasteiger partial charge on any atom is -0.314 e. The van der Waals surface area contributed by atoms with Crippen LogP contribution in [0.4, 0.5) is 0 Å². The molecule has 0 unspecified atom stereocenters. The van der Waals surface area contributed by atoms with Crippen LogP contribution in [0.1, 0.15) is 18.0 Å². The van der Waals surface area contributed by atoms with Gasteiger partial charge in [-0.2, -0.15) is 0 Å². The predicted octanol–water partition coefficient (Wildman–Crippen LogP) is 2.26. The first-order valence-corrected chi connectivity index (χ1v) is 6.37. The van der Waals surface area contributed by atoms with Crippen molar-refractivity contribution in [3.8, 4) is 0 Å². The van der Waals surface area contributed by atoms with Crippen LogP contribution in [0, 0.1) is 0 Å². The molecule has 17 heavy (non-hydrogen) atoms. The van der Waals surface area contributed by atoms with E-state index in [4.69, 9.17) is 11.6 Å². The van der Waals surface area contributed by atoms with Crippen LogP contribution in [0.15, 0.2) is 31.0 Å². The highest BCUT2D eigenvalue weighted by Crippen LogP contribution is 2.29. The summed E-state index contributed by atoms with van der Waals surface area (Å²) in [6.45, 7) is 8.00. The Bertz CT molecular complexity index is 375. The summed E-state index contributed by atoms with van der Waals surface area (Å²) >= 11 is 6.19. The molecule has 2 heterocycles. The van der Waals surface area contributed by atoms with Crippen molar-refractivity contribution in [1.82, 2.24) is 15.2 Å². The van der Waals surface area contributed by atoms with Crippen molar-refractivity contribution < 1.29 is 0 Å². The summed E-state index contributed by atoms with van der Waals surface area (Å²) in [5.74, 6) is 0. The second-order valence-corrected chi connectivity index (χ2v) is 4.57. The van der Waals surface area contributed by atoms with Crippen LogP contribution in [0.2, 0.25) is 5.15 Å². The second-order valence-electron chi connectivity index (χ2n) is 4.21. The zero-order chi connectivity index (χ0) is 12.1. The van der Waals surface area contributed by atoms with E-state index in [1.54, 1.807) is 6.20 Å². The van der Waals surface area contributed by atoms with Gasteiger partial charge in [-0.3, -0.25) is 4.90 Å². The number of halogens is 1. The summed E-state index contributed by atoms with van der Waals surface area (Å²) in [6.07, 6.45) is 4.59. The molecule has 1 aliphatic rings. The highest BCUT2D eigenvalue weighted by atomic mass is 35.5. The molecule has 0 spiro atoms. The smallest absolute Gasteiger partial charge is 0.133 e. The maximum Gasteiger partial charge on any atom is 0.133 e. The molecule has 0 saturated carbocycles. The molecule has 1 aromatic heterocycles. The van der Waals surface area contributed by atoms with Crippen molar-refractivity contribution in [2.24, 2.45) is 0 Å². The average molecular weight is 252 g/mol. The minimum absolute atomic E-state index is 0.302. The molecule has 0 radical (unpaired) electrons. The van der Waals surface area contributed by atoms with Crippen LogP contribution in [0.25, 0.3) is 0 Å². The maximum absolute atomic E-state index is 6.19. The Morgan fingerprint density at radius 1 is 1.53 bits per heavy atom. The quantitative estimate of drug-likeness (QED) is 0.657. The van der Waals surface area contributed by atoms with Gasteiger partial charge in [-0.25, -0.2) is 4.98 Å². The molecule has 1 aromatic rings. The number of rotatable bonds is 4. The van der Waals surface area contributed by atoms with Crippen molar-refractivity contribution in [3.63, 3.8) is 0 Å². The third-order valence-electron chi connectivity index (χ3n) is 3.13. The number of nitrogens with zero attached hydrogens (tertiary/aromatic N) is 2. The van der Waals surface area contributed by atoms with Crippen molar-refractivity contribution in [3.05, 3.63) is 41.7 Å². The molecule has 1 atom stereocenters. The van der Waals surface area contributed by atoms with Gasteiger partial charge in [0.25, 0.3) is 0 Å². The Balaban J connectivity index is 2.21. The Morgan fingerprint density at radius 3 is 2.94 bits per heavy atom. The molecular formula is C13H18ClN3. The van der Waals surface area contributed by atoms with Gasteiger partial charge in [0.05, 0.1) is 0 Å². The minimum atomic E-state index is 0.302. The fourth-order valence-corrected chi connectivity index (χ4v) is 2.52. The van der Waals surface area contributed by atoms with Gasteiger partial charge < -0.3 is 5.32 Å². The molecule has 2 rings (SSSR count). The van der Waals surface area contributed by atoms with Gasteiger partial charge >= 0.3 is 0 Å². The largest absolute Gasteiger partial charge is 0.314 e. The molecule has 1 saturated heterocycles. The van der Waals surface area contributed by atoms with E-state index in [0.29, 0.717) is 11.2 Å². The second kappa shape index (κ2) is 6.15. The summed E-state index contributed by atoms with van der Waals surface area (Å²) < 4.78 is 0. The van der Waals surface area contributed by atoms with E-state index >= 15 is 0 Å². The van der Waals surface area contributed by atoms with Crippen LogP contribution >= 0.6 is 11.6 Å². The van der Waals surface area contributed by atoms with E-state index in [1.807, 2.05) is 12.1 Å². The van der Waals surface area contributed by atoms with E-state index in [1.165, 1.54) is 0 Å². The highest BCUT2D eigenvalue weighted by Gasteiger charge is 2.22. The Kier molecular flexibility index (Phi) is 4.54. The normalized spacial score (nSPS) is 18.9. The lowest BCUT2D eigenvalue weighted by Crippen LogP contribution is -2.45.